The Bertz CT molecular complexity index is 799. The van der Waals surface area contributed by atoms with Crippen molar-refractivity contribution in [1.29, 1.82) is 0 Å². The van der Waals surface area contributed by atoms with Crippen LogP contribution in [0.5, 0.6) is 0 Å². The molecule has 27 heavy (non-hydrogen) atoms. The summed E-state index contributed by atoms with van der Waals surface area (Å²) in [7, 11) is 0. The maximum atomic E-state index is 12.6. The van der Waals surface area contributed by atoms with E-state index in [1.165, 1.54) is 4.90 Å². The Morgan fingerprint density at radius 1 is 1.04 bits per heavy atom. The normalized spacial score (nSPS) is 19.3. The van der Waals surface area contributed by atoms with Crippen LogP contribution in [0.1, 0.15) is 30.1 Å². The fraction of sp³-hybridized carbons (Fsp3) is 0.333. The first kappa shape index (κ1) is 19.4. The molecule has 1 saturated heterocycles. The molecule has 1 aliphatic rings. The van der Waals surface area contributed by atoms with Gasteiger partial charge in [-0.3, -0.25) is 9.59 Å². The average Bonchev–Trinajstić information content (AvgIpc) is 2.66. The summed E-state index contributed by atoms with van der Waals surface area (Å²) in [6.45, 7) is 4.73. The predicted octanol–water partition coefficient (Wildman–Crippen LogP) is 2.85. The molecule has 0 saturated carbocycles. The van der Waals surface area contributed by atoms with Crippen LogP contribution in [0.3, 0.4) is 0 Å². The molecule has 5 nitrogen and oxygen atoms in total. The van der Waals surface area contributed by atoms with Crippen LogP contribution in [-0.4, -0.2) is 31.4 Å². The summed E-state index contributed by atoms with van der Waals surface area (Å²) in [6.07, 6.45) is 2.31. The molecule has 0 bridgehead atoms. The van der Waals surface area contributed by atoms with Gasteiger partial charge in [0.1, 0.15) is 0 Å². The van der Waals surface area contributed by atoms with Crippen molar-refractivity contribution in [2.75, 3.05) is 30.3 Å². The highest BCUT2D eigenvalue weighted by Gasteiger charge is 2.22. The van der Waals surface area contributed by atoms with E-state index in [0.29, 0.717) is 28.5 Å². The van der Waals surface area contributed by atoms with E-state index in [9.17, 15) is 9.59 Å². The molecule has 1 heterocycles. The number of carbonyl (C=O) groups is 2. The molecule has 0 unspecified atom stereocenters. The highest BCUT2D eigenvalue weighted by Crippen LogP contribution is 2.19. The summed E-state index contributed by atoms with van der Waals surface area (Å²) in [6, 6.07) is 14.0. The quantitative estimate of drug-likeness (QED) is 0.740. The summed E-state index contributed by atoms with van der Waals surface area (Å²) in [5, 5.41) is 6.34. The van der Waals surface area contributed by atoms with Gasteiger partial charge in [-0.25, -0.2) is 0 Å². The van der Waals surface area contributed by atoms with E-state index in [1.54, 1.807) is 42.5 Å². The molecule has 0 aromatic heterocycles. The average molecular weight is 387 g/mol. The van der Waals surface area contributed by atoms with E-state index in [2.05, 4.69) is 17.6 Å². The second-order valence-corrected chi connectivity index (χ2v) is 7.60. The Morgan fingerprint density at radius 2 is 1.70 bits per heavy atom. The van der Waals surface area contributed by atoms with Crippen molar-refractivity contribution in [3.05, 3.63) is 59.1 Å². The minimum Gasteiger partial charge on any atom is -0.327 e. The van der Waals surface area contributed by atoms with Crippen LogP contribution in [0, 0.1) is 5.92 Å². The molecule has 2 aromatic carbocycles. The molecule has 2 amide bonds. The number of likely N-dealkylation sites (tertiary alicyclic amines) is 1. The lowest BCUT2D eigenvalue weighted by Gasteiger charge is -2.26. The number of anilines is 2. The minimum absolute atomic E-state index is 0.0636. The minimum atomic E-state index is -0.271. The smallest absolute Gasteiger partial charge is 0.279 e. The Morgan fingerprint density at radius 3 is 2.41 bits per heavy atom. The largest absolute Gasteiger partial charge is 0.327 e. The van der Waals surface area contributed by atoms with Gasteiger partial charge in [-0.1, -0.05) is 30.7 Å². The Kier molecular flexibility index (Phi) is 6.48. The van der Waals surface area contributed by atoms with E-state index in [1.807, 2.05) is 6.07 Å². The lowest BCUT2D eigenvalue weighted by atomic mass is 9.99. The van der Waals surface area contributed by atoms with Crippen LogP contribution in [0.4, 0.5) is 11.4 Å². The summed E-state index contributed by atoms with van der Waals surface area (Å²) in [5.41, 5.74) is 1.61. The number of nitrogens with one attached hydrogen (secondary N) is 3. The molecular weight excluding hydrogens is 362 g/mol. The number of hydrogen-bond acceptors (Lipinski definition) is 2. The third kappa shape index (κ3) is 5.55. The van der Waals surface area contributed by atoms with Gasteiger partial charge in [-0.15, -0.1) is 0 Å². The van der Waals surface area contributed by atoms with E-state index >= 15 is 0 Å². The number of hydrogen-bond donors (Lipinski definition) is 3. The van der Waals surface area contributed by atoms with Crippen molar-refractivity contribution in [3.63, 3.8) is 0 Å². The van der Waals surface area contributed by atoms with Gasteiger partial charge in [-0.2, -0.15) is 0 Å². The molecule has 1 aliphatic heterocycles. The summed E-state index contributed by atoms with van der Waals surface area (Å²) in [4.78, 5) is 26.4. The van der Waals surface area contributed by atoms with Gasteiger partial charge >= 0.3 is 0 Å². The van der Waals surface area contributed by atoms with E-state index in [4.69, 9.17) is 11.6 Å². The van der Waals surface area contributed by atoms with Crippen LogP contribution in [0.15, 0.2) is 48.5 Å². The first-order chi connectivity index (χ1) is 13.0. The summed E-state index contributed by atoms with van der Waals surface area (Å²) >= 11 is 5.87. The zero-order chi connectivity index (χ0) is 19.2. The van der Waals surface area contributed by atoms with E-state index < -0.39 is 0 Å². The topological polar surface area (TPSA) is 62.6 Å². The van der Waals surface area contributed by atoms with Crippen LogP contribution in [0.2, 0.25) is 5.02 Å². The van der Waals surface area contributed by atoms with Crippen molar-refractivity contribution in [1.82, 2.24) is 0 Å². The van der Waals surface area contributed by atoms with Crippen LogP contribution in [-0.2, 0) is 4.79 Å². The zero-order valence-electron chi connectivity index (χ0n) is 15.4. The number of rotatable bonds is 5. The fourth-order valence-electron chi connectivity index (χ4n) is 3.29. The van der Waals surface area contributed by atoms with Gasteiger partial charge in [-0.05, 0) is 55.2 Å². The molecule has 0 aliphatic carbocycles. The molecular formula is C21H25ClN3O2+. The van der Waals surface area contributed by atoms with Gasteiger partial charge in [0.25, 0.3) is 11.8 Å². The highest BCUT2D eigenvalue weighted by atomic mass is 35.5. The van der Waals surface area contributed by atoms with Crippen molar-refractivity contribution in [3.8, 4) is 0 Å². The Balaban J connectivity index is 1.63. The number of benzene rings is 2. The van der Waals surface area contributed by atoms with Gasteiger partial charge in [0.15, 0.2) is 6.54 Å². The third-order valence-electron chi connectivity index (χ3n) is 4.94. The number of halogens is 1. The standard InChI is InChI=1S/C21H24ClN3O2/c1-15-10-12-25(13-11-15)14-20(26)24-19-5-3-2-4-18(19)21(27)23-17-8-6-16(22)7-9-17/h2-9,15H,10-14H2,1H3,(H,23,27)(H,24,26)/p+1. The number of para-hydroxylation sites is 1. The van der Waals surface area contributed by atoms with E-state index in [0.717, 1.165) is 31.8 Å². The lowest BCUT2D eigenvalue weighted by molar-refractivity contribution is -0.897. The maximum Gasteiger partial charge on any atom is 0.279 e. The molecule has 3 rings (SSSR count). The third-order valence-corrected chi connectivity index (χ3v) is 5.19. The van der Waals surface area contributed by atoms with Crippen LogP contribution < -0.4 is 15.5 Å². The summed E-state index contributed by atoms with van der Waals surface area (Å²) in [5.74, 6) is 0.410. The highest BCUT2D eigenvalue weighted by molar-refractivity contribution is 6.30. The zero-order valence-corrected chi connectivity index (χ0v) is 16.2. The SMILES string of the molecule is CC1CC[NH+](CC(=O)Nc2ccccc2C(=O)Nc2ccc(Cl)cc2)CC1. The maximum absolute atomic E-state index is 12.6. The molecule has 1 fully saturated rings. The Labute approximate surface area is 164 Å². The molecule has 3 N–H and O–H groups in total. The van der Waals surface area contributed by atoms with Crippen LogP contribution in [0.25, 0.3) is 0 Å². The van der Waals surface area contributed by atoms with Gasteiger partial charge in [0.2, 0.25) is 0 Å². The number of carbonyl (C=O) groups excluding carboxylic acids is 2. The molecule has 6 heteroatoms. The molecule has 2 aromatic rings. The first-order valence-electron chi connectivity index (χ1n) is 9.30. The first-order valence-corrected chi connectivity index (χ1v) is 9.68. The van der Waals surface area contributed by atoms with Crippen molar-refractivity contribution < 1.29 is 14.5 Å². The lowest BCUT2D eigenvalue weighted by Crippen LogP contribution is -3.14. The number of amides is 2. The fourth-order valence-corrected chi connectivity index (χ4v) is 3.42. The number of piperidine rings is 1. The summed E-state index contributed by atoms with van der Waals surface area (Å²) < 4.78 is 0. The van der Waals surface area contributed by atoms with E-state index in [-0.39, 0.29) is 11.8 Å². The Hall–Kier alpha value is -2.37. The number of quaternary nitrogens is 1. The van der Waals surface area contributed by atoms with Crippen molar-refractivity contribution >= 4 is 34.8 Å². The van der Waals surface area contributed by atoms with Gasteiger partial charge < -0.3 is 15.5 Å². The predicted molar refractivity (Wildman–Crippen MR) is 108 cm³/mol. The van der Waals surface area contributed by atoms with Crippen molar-refractivity contribution in [2.24, 2.45) is 5.92 Å². The van der Waals surface area contributed by atoms with Crippen LogP contribution >= 0.6 is 11.6 Å². The monoisotopic (exact) mass is 386 g/mol. The second-order valence-electron chi connectivity index (χ2n) is 7.16. The molecule has 0 spiro atoms. The molecule has 0 radical (unpaired) electrons. The van der Waals surface area contributed by atoms with Crippen molar-refractivity contribution in [2.45, 2.75) is 19.8 Å². The van der Waals surface area contributed by atoms with Gasteiger partial charge in [0, 0.05) is 10.7 Å². The molecule has 0 atom stereocenters. The second kappa shape index (κ2) is 9.02. The molecule has 142 valence electrons. The van der Waals surface area contributed by atoms with Gasteiger partial charge in [0.05, 0.1) is 24.3 Å².